The second-order valence-electron chi connectivity index (χ2n) is 5.71. The molecule has 0 radical (unpaired) electrons. The van der Waals surface area contributed by atoms with Crippen molar-refractivity contribution in [3.63, 3.8) is 0 Å². The second-order valence-corrected chi connectivity index (χ2v) is 6.97. The van der Waals surface area contributed by atoms with E-state index < -0.39 is 5.82 Å². The average molecular weight is 334 g/mol. The van der Waals surface area contributed by atoms with E-state index in [0.29, 0.717) is 12.5 Å². The largest absolute Gasteiger partial charge is 0.481 e. The van der Waals surface area contributed by atoms with E-state index in [0.717, 1.165) is 24.4 Å². The van der Waals surface area contributed by atoms with Crippen LogP contribution in [0, 0.1) is 12.7 Å². The maximum atomic E-state index is 13.5. The molecular weight excluding hydrogens is 315 g/mol. The molecule has 4 nitrogen and oxygen atoms in total. The van der Waals surface area contributed by atoms with E-state index in [1.54, 1.807) is 28.4 Å². The number of ether oxygens (including phenoxy) is 1. The minimum absolute atomic E-state index is 0.105. The quantitative estimate of drug-likeness (QED) is 0.861. The Morgan fingerprint density at radius 2 is 2.30 bits per heavy atom. The minimum Gasteiger partial charge on any atom is -0.481 e. The number of amides is 1. The Morgan fingerprint density at radius 1 is 1.48 bits per heavy atom. The maximum Gasteiger partial charge on any atom is 0.260 e. The molecule has 1 aromatic carbocycles. The van der Waals surface area contributed by atoms with Crippen LogP contribution < -0.4 is 4.74 Å². The lowest BCUT2D eigenvalue weighted by atomic mass is 9.99. The second kappa shape index (κ2) is 7.08. The zero-order chi connectivity index (χ0) is 16.2. The van der Waals surface area contributed by atoms with E-state index in [9.17, 15) is 9.18 Å². The van der Waals surface area contributed by atoms with Crippen LogP contribution in [0.1, 0.15) is 28.6 Å². The van der Waals surface area contributed by atoms with Crippen molar-refractivity contribution >= 4 is 17.2 Å². The van der Waals surface area contributed by atoms with Crippen LogP contribution in [0.3, 0.4) is 0 Å². The van der Waals surface area contributed by atoms with Crippen molar-refractivity contribution in [2.45, 2.75) is 25.7 Å². The summed E-state index contributed by atoms with van der Waals surface area (Å²) in [6, 6.07) is 6.13. The zero-order valence-corrected chi connectivity index (χ0v) is 13.8. The first-order valence-corrected chi connectivity index (χ1v) is 8.52. The normalized spacial score (nSPS) is 18.0. The number of benzene rings is 1. The number of piperidine rings is 1. The molecule has 2 heterocycles. The van der Waals surface area contributed by atoms with Crippen molar-refractivity contribution in [1.82, 2.24) is 9.88 Å². The van der Waals surface area contributed by atoms with Gasteiger partial charge in [-0.1, -0.05) is 12.1 Å². The van der Waals surface area contributed by atoms with E-state index in [1.807, 2.05) is 13.1 Å². The lowest BCUT2D eigenvalue weighted by Crippen LogP contribution is -2.41. The van der Waals surface area contributed by atoms with E-state index in [1.165, 1.54) is 17.0 Å². The summed E-state index contributed by atoms with van der Waals surface area (Å²) in [7, 11) is 0. The van der Waals surface area contributed by atoms with Crippen LogP contribution in [0.2, 0.25) is 0 Å². The molecule has 3 rings (SSSR count). The van der Waals surface area contributed by atoms with Gasteiger partial charge >= 0.3 is 0 Å². The number of likely N-dealkylation sites (tertiary alicyclic amines) is 1. The first-order valence-electron chi connectivity index (χ1n) is 7.71. The molecule has 0 aliphatic carbocycles. The monoisotopic (exact) mass is 334 g/mol. The molecule has 1 atom stereocenters. The van der Waals surface area contributed by atoms with Crippen LogP contribution in [0.5, 0.6) is 5.75 Å². The molecule has 1 fully saturated rings. The molecular formula is C17H19FN2O2S. The van der Waals surface area contributed by atoms with Gasteiger partial charge in [0, 0.05) is 30.1 Å². The molecule has 23 heavy (non-hydrogen) atoms. The van der Waals surface area contributed by atoms with Gasteiger partial charge in [0.25, 0.3) is 5.91 Å². The Bertz CT molecular complexity index is 689. The summed E-state index contributed by atoms with van der Waals surface area (Å²) in [4.78, 5) is 19.7. The summed E-state index contributed by atoms with van der Waals surface area (Å²) in [5, 5.41) is 1.09. The number of aromatic nitrogens is 1. The molecule has 2 aromatic rings. The minimum atomic E-state index is -0.449. The van der Waals surface area contributed by atoms with Crippen LogP contribution in [0.4, 0.5) is 4.39 Å². The van der Waals surface area contributed by atoms with Gasteiger partial charge in [0.2, 0.25) is 0 Å². The van der Waals surface area contributed by atoms with Crippen molar-refractivity contribution < 1.29 is 13.9 Å². The number of nitrogens with zero attached hydrogens (tertiary/aromatic N) is 2. The molecule has 1 aliphatic heterocycles. The SMILES string of the molecule is Cc1cnc(C2CCCN(C(=O)COc3ccccc3F)C2)s1. The highest BCUT2D eigenvalue weighted by Gasteiger charge is 2.26. The molecule has 1 aliphatic rings. The van der Waals surface area contributed by atoms with E-state index >= 15 is 0 Å². The maximum absolute atomic E-state index is 13.5. The first-order chi connectivity index (χ1) is 11.1. The predicted molar refractivity (Wildman–Crippen MR) is 87.3 cm³/mol. The fraction of sp³-hybridized carbons (Fsp3) is 0.412. The van der Waals surface area contributed by atoms with Gasteiger partial charge in [0.1, 0.15) is 0 Å². The summed E-state index contributed by atoms with van der Waals surface area (Å²) in [6.07, 6.45) is 3.88. The van der Waals surface area contributed by atoms with E-state index in [-0.39, 0.29) is 18.3 Å². The van der Waals surface area contributed by atoms with Crippen molar-refractivity contribution in [3.8, 4) is 5.75 Å². The third-order valence-electron chi connectivity index (χ3n) is 3.95. The lowest BCUT2D eigenvalue weighted by Gasteiger charge is -2.31. The molecule has 122 valence electrons. The molecule has 6 heteroatoms. The molecule has 1 saturated heterocycles. The third kappa shape index (κ3) is 3.88. The number of hydrogen-bond acceptors (Lipinski definition) is 4. The lowest BCUT2D eigenvalue weighted by molar-refractivity contribution is -0.134. The fourth-order valence-electron chi connectivity index (χ4n) is 2.76. The van der Waals surface area contributed by atoms with Gasteiger partial charge in [-0.2, -0.15) is 0 Å². The number of para-hydroxylation sites is 1. The summed E-state index contributed by atoms with van der Waals surface area (Å²) >= 11 is 1.69. The Morgan fingerprint density at radius 3 is 3.04 bits per heavy atom. The van der Waals surface area contributed by atoms with Crippen LogP contribution >= 0.6 is 11.3 Å². The van der Waals surface area contributed by atoms with Crippen LogP contribution in [-0.2, 0) is 4.79 Å². The Labute approximate surface area is 138 Å². The molecule has 0 spiro atoms. The number of halogens is 1. The van der Waals surface area contributed by atoms with Crippen molar-refractivity contribution in [1.29, 1.82) is 0 Å². The average Bonchev–Trinajstić information content (AvgIpc) is 3.00. The topological polar surface area (TPSA) is 42.4 Å². The summed E-state index contributed by atoms with van der Waals surface area (Å²) < 4.78 is 18.8. The number of rotatable bonds is 4. The molecule has 0 saturated carbocycles. The van der Waals surface area contributed by atoms with Gasteiger partial charge in [-0.15, -0.1) is 11.3 Å². The molecule has 1 unspecified atom stereocenters. The number of hydrogen-bond donors (Lipinski definition) is 0. The van der Waals surface area contributed by atoms with E-state index in [2.05, 4.69) is 4.98 Å². The van der Waals surface area contributed by atoms with Gasteiger partial charge in [0.05, 0.1) is 5.01 Å². The molecule has 0 bridgehead atoms. The van der Waals surface area contributed by atoms with Gasteiger partial charge in [-0.3, -0.25) is 4.79 Å². The van der Waals surface area contributed by atoms with Crippen molar-refractivity contribution in [2.75, 3.05) is 19.7 Å². The van der Waals surface area contributed by atoms with Crippen molar-refractivity contribution in [2.24, 2.45) is 0 Å². The van der Waals surface area contributed by atoms with Crippen LogP contribution in [-0.4, -0.2) is 35.5 Å². The smallest absolute Gasteiger partial charge is 0.260 e. The third-order valence-corrected chi connectivity index (χ3v) is 5.03. The Hall–Kier alpha value is -1.95. The molecule has 1 aromatic heterocycles. The van der Waals surface area contributed by atoms with Crippen LogP contribution in [0.25, 0.3) is 0 Å². The number of carbonyl (C=O) groups excluding carboxylic acids is 1. The number of thiazole rings is 1. The molecule has 0 N–H and O–H groups in total. The number of carbonyl (C=O) groups is 1. The highest BCUT2D eigenvalue weighted by atomic mass is 32.1. The van der Waals surface area contributed by atoms with E-state index in [4.69, 9.17) is 4.74 Å². The van der Waals surface area contributed by atoms with Gasteiger partial charge in [-0.25, -0.2) is 9.37 Å². The predicted octanol–water partition coefficient (Wildman–Crippen LogP) is 3.38. The van der Waals surface area contributed by atoms with Crippen molar-refractivity contribution in [3.05, 3.63) is 46.2 Å². The standard InChI is InChI=1S/C17H19FN2O2S/c1-12-9-19-17(23-12)13-5-4-8-20(10-13)16(21)11-22-15-7-3-2-6-14(15)18/h2-3,6-7,9,13H,4-5,8,10-11H2,1H3. The van der Waals surface area contributed by atoms with Crippen LogP contribution in [0.15, 0.2) is 30.5 Å². The van der Waals surface area contributed by atoms with Gasteiger partial charge < -0.3 is 9.64 Å². The fourth-order valence-corrected chi connectivity index (χ4v) is 3.66. The van der Waals surface area contributed by atoms with Gasteiger partial charge in [0.15, 0.2) is 18.2 Å². The summed E-state index contributed by atoms with van der Waals surface area (Å²) in [6.45, 7) is 3.28. The molecule has 1 amide bonds. The zero-order valence-electron chi connectivity index (χ0n) is 13.0. The van der Waals surface area contributed by atoms with Gasteiger partial charge in [-0.05, 0) is 31.9 Å². The highest BCUT2D eigenvalue weighted by Crippen LogP contribution is 2.29. The Kier molecular flexibility index (Phi) is 4.91. The summed E-state index contributed by atoms with van der Waals surface area (Å²) in [5.41, 5.74) is 0. The first kappa shape index (κ1) is 15.9. The Balaban J connectivity index is 1.58. The summed E-state index contributed by atoms with van der Waals surface area (Å²) in [5.74, 6) is -0.147. The highest BCUT2D eigenvalue weighted by molar-refractivity contribution is 7.11. The number of aryl methyl sites for hydroxylation is 1.